The topological polar surface area (TPSA) is 104 Å². The molecule has 0 N–H and O–H groups in total. The lowest BCUT2D eigenvalue weighted by molar-refractivity contribution is -0.402. The van der Waals surface area contributed by atoms with Gasteiger partial charge >= 0.3 is 5.88 Å². The molecule has 8 nitrogen and oxygen atoms in total. The number of nitrogens with zero attached hydrogens (tertiary/aromatic N) is 4. The van der Waals surface area contributed by atoms with Crippen LogP contribution in [0.2, 0.25) is 0 Å². The summed E-state index contributed by atoms with van der Waals surface area (Å²) in [5, 5.41) is 17.0. The molecule has 3 aromatic heterocycles. The molecule has 0 saturated carbocycles. The predicted octanol–water partition coefficient (Wildman–Crippen LogP) is 3.51. The van der Waals surface area contributed by atoms with Gasteiger partial charge in [-0.1, -0.05) is 30.3 Å². The Kier molecular flexibility index (Phi) is 3.90. The molecule has 0 spiro atoms. The van der Waals surface area contributed by atoms with Crippen molar-refractivity contribution in [2.75, 3.05) is 0 Å². The minimum absolute atomic E-state index is 0.164. The van der Waals surface area contributed by atoms with Gasteiger partial charge in [0.15, 0.2) is 5.76 Å². The summed E-state index contributed by atoms with van der Waals surface area (Å²) in [6.45, 7) is 0. The number of thiophene rings is 1. The van der Waals surface area contributed by atoms with Crippen LogP contribution in [-0.4, -0.2) is 20.8 Å². The van der Waals surface area contributed by atoms with Crippen molar-refractivity contribution in [2.24, 2.45) is 5.10 Å². The molecule has 0 aliphatic carbocycles. The molecule has 0 aliphatic rings. The van der Waals surface area contributed by atoms with E-state index in [4.69, 9.17) is 4.42 Å². The summed E-state index contributed by atoms with van der Waals surface area (Å²) in [6, 6.07) is 12.2. The van der Waals surface area contributed by atoms with Crippen LogP contribution in [0.4, 0.5) is 5.88 Å². The first-order valence-corrected chi connectivity index (χ1v) is 8.34. The second-order valence-electron chi connectivity index (χ2n) is 5.27. The zero-order valence-electron chi connectivity index (χ0n) is 13.1. The van der Waals surface area contributed by atoms with E-state index in [9.17, 15) is 14.9 Å². The van der Waals surface area contributed by atoms with Gasteiger partial charge in [0, 0.05) is 10.9 Å². The summed E-state index contributed by atoms with van der Waals surface area (Å²) >= 11 is 1.38. The molecule has 0 fully saturated rings. The summed E-state index contributed by atoms with van der Waals surface area (Å²) in [5.74, 6) is -0.228. The highest BCUT2D eigenvalue weighted by Crippen LogP contribution is 2.30. The Hall–Kier alpha value is -3.59. The molecule has 3 heterocycles. The monoisotopic (exact) mass is 366 g/mol. The summed E-state index contributed by atoms with van der Waals surface area (Å²) in [6.07, 6.45) is 2.54. The van der Waals surface area contributed by atoms with Crippen LogP contribution >= 0.6 is 11.3 Å². The Morgan fingerprint density at radius 3 is 2.77 bits per heavy atom. The fourth-order valence-electron chi connectivity index (χ4n) is 2.46. The average molecular weight is 366 g/mol. The maximum absolute atomic E-state index is 12.8. The smallest absolute Gasteiger partial charge is 0.400 e. The number of hydrogen-bond acceptors (Lipinski definition) is 7. The lowest BCUT2D eigenvalue weighted by atomic mass is 10.1. The second-order valence-corrected chi connectivity index (χ2v) is 6.13. The Bertz CT molecular complexity index is 1190. The zero-order valence-corrected chi connectivity index (χ0v) is 13.9. The number of hydrogen-bond donors (Lipinski definition) is 0. The van der Waals surface area contributed by atoms with E-state index >= 15 is 0 Å². The van der Waals surface area contributed by atoms with Gasteiger partial charge < -0.3 is 4.42 Å². The van der Waals surface area contributed by atoms with Gasteiger partial charge in [0.05, 0.1) is 17.7 Å². The van der Waals surface area contributed by atoms with Crippen LogP contribution in [0.1, 0.15) is 5.76 Å². The zero-order chi connectivity index (χ0) is 18.1. The summed E-state index contributed by atoms with van der Waals surface area (Å²) in [5.41, 5.74) is 1.38. The van der Waals surface area contributed by atoms with Crippen molar-refractivity contribution in [1.29, 1.82) is 0 Å². The van der Waals surface area contributed by atoms with E-state index in [1.807, 2.05) is 35.7 Å². The first-order valence-electron chi connectivity index (χ1n) is 7.46. The molecule has 0 unspecified atom stereocenters. The number of benzene rings is 1. The van der Waals surface area contributed by atoms with Crippen molar-refractivity contribution in [1.82, 2.24) is 9.66 Å². The van der Waals surface area contributed by atoms with Crippen LogP contribution in [0.3, 0.4) is 0 Å². The molecule has 4 aromatic rings. The maximum Gasteiger partial charge on any atom is 0.433 e. The van der Waals surface area contributed by atoms with Crippen molar-refractivity contribution in [2.45, 2.75) is 0 Å². The van der Waals surface area contributed by atoms with Crippen LogP contribution in [0, 0.1) is 10.1 Å². The number of furan rings is 1. The van der Waals surface area contributed by atoms with Gasteiger partial charge in [0.25, 0.3) is 5.56 Å². The fourth-order valence-corrected chi connectivity index (χ4v) is 3.37. The molecule has 0 saturated heterocycles. The van der Waals surface area contributed by atoms with E-state index in [0.29, 0.717) is 10.2 Å². The van der Waals surface area contributed by atoms with E-state index < -0.39 is 10.8 Å². The Labute approximate surface area is 149 Å². The van der Waals surface area contributed by atoms with Gasteiger partial charge in [-0.05, 0) is 11.6 Å². The largest absolute Gasteiger partial charge is 0.433 e. The van der Waals surface area contributed by atoms with Gasteiger partial charge in [0.1, 0.15) is 16.1 Å². The first kappa shape index (κ1) is 15.9. The number of fused-ring (bicyclic) bond motifs is 1. The SMILES string of the molecule is O=c1c2c(-c3ccccc3)csc2ncn1N=Cc1ccc([N+](=O)[O-])o1. The molecule has 0 aliphatic heterocycles. The molecule has 0 amide bonds. The van der Waals surface area contributed by atoms with E-state index in [-0.39, 0.29) is 11.3 Å². The average Bonchev–Trinajstić information content (AvgIpc) is 3.29. The van der Waals surface area contributed by atoms with Crippen molar-refractivity contribution in [3.05, 3.63) is 80.4 Å². The summed E-state index contributed by atoms with van der Waals surface area (Å²) < 4.78 is 6.07. The second kappa shape index (κ2) is 6.37. The summed E-state index contributed by atoms with van der Waals surface area (Å²) in [7, 11) is 0. The fraction of sp³-hybridized carbons (Fsp3) is 0. The normalized spacial score (nSPS) is 11.4. The third-order valence-corrected chi connectivity index (χ3v) is 4.55. The lowest BCUT2D eigenvalue weighted by Gasteiger charge is -2.00. The van der Waals surface area contributed by atoms with Gasteiger partial charge in [-0.15, -0.1) is 11.3 Å². The highest BCUT2D eigenvalue weighted by atomic mass is 32.1. The third kappa shape index (κ3) is 2.80. The molecule has 9 heteroatoms. The molecule has 26 heavy (non-hydrogen) atoms. The standard InChI is InChI=1S/C17H10N4O4S/c22-17-15-13(11-4-2-1-3-5-11)9-26-16(15)18-10-20(17)19-8-12-6-7-14(25-12)21(23)24/h1-10H. The minimum atomic E-state index is -0.644. The van der Waals surface area contributed by atoms with Gasteiger partial charge in [-0.2, -0.15) is 9.78 Å². The Morgan fingerprint density at radius 2 is 2.04 bits per heavy atom. The first-order chi connectivity index (χ1) is 12.6. The number of nitro groups is 1. The van der Waals surface area contributed by atoms with Gasteiger partial charge in [-0.25, -0.2) is 4.98 Å². The molecule has 0 atom stereocenters. The lowest BCUT2D eigenvalue weighted by Crippen LogP contribution is -2.16. The van der Waals surface area contributed by atoms with Crippen molar-refractivity contribution >= 4 is 33.7 Å². The van der Waals surface area contributed by atoms with Crippen molar-refractivity contribution in [3.8, 4) is 11.1 Å². The molecule has 128 valence electrons. The predicted molar refractivity (Wildman–Crippen MR) is 97.7 cm³/mol. The highest BCUT2D eigenvalue weighted by Gasteiger charge is 2.13. The molecular formula is C17H10N4O4S. The molecule has 0 radical (unpaired) electrons. The Balaban J connectivity index is 1.77. The quantitative estimate of drug-likeness (QED) is 0.312. The van der Waals surface area contributed by atoms with E-state index in [1.165, 1.54) is 36.0 Å². The van der Waals surface area contributed by atoms with E-state index in [2.05, 4.69) is 10.1 Å². The highest BCUT2D eigenvalue weighted by molar-refractivity contribution is 7.17. The van der Waals surface area contributed by atoms with E-state index in [0.717, 1.165) is 15.8 Å². The van der Waals surface area contributed by atoms with Crippen LogP contribution < -0.4 is 5.56 Å². The molecule has 1 aromatic carbocycles. The van der Waals surface area contributed by atoms with Crippen LogP contribution in [-0.2, 0) is 0 Å². The summed E-state index contributed by atoms with van der Waals surface area (Å²) in [4.78, 5) is 27.7. The van der Waals surface area contributed by atoms with Crippen molar-refractivity contribution in [3.63, 3.8) is 0 Å². The Morgan fingerprint density at radius 1 is 1.23 bits per heavy atom. The maximum atomic E-state index is 12.8. The number of rotatable bonds is 4. The van der Waals surface area contributed by atoms with Gasteiger partial charge in [-0.3, -0.25) is 14.9 Å². The molecular weight excluding hydrogens is 356 g/mol. The van der Waals surface area contributed by atoms with Crippen LogP contribution in [0.25, 0.3) is 21.3 Å². The van der Waals surface area contributed by atoms with Crippen LogP contribution in [0.5, 0.6) is 0 Å². The number of aromatic nitrogens is 2. The van der Waals surface area contributed by atoms with Crippen molar-refractivity contribution < 1.29 is 9.34 Å². The molecule has 0 bridgehead atoms. The van der Waals surface area contributed by atoms with E-state index in [1.54, 1.807) is 0 Å². The minimum Gasteiger partial charge on any atom is -0.400 e. The molecule has 4 rings (SSSR count). The van der Waals surface area contributed by atoms with Crippen LogP contribution in [0.15, 0.2) is 68.5 Å². The third-order valence-electron chi connectivity index (χ3n) is 3.66. The van der Waals surface area contributed by atoms with Gasteiger partial charge in [0.2, 0.25) is 0 Å².